The third-order valence-electron chi connectivity index (χ3n) is 3.71. The van der Waals surface area contributed by atoms with Gasteiger partial charge in [0.05, 0.1) is 5.56 Å². The average Bonchev–Trinajstić information content (AvgIpc) is 2.94. The molecule has 0 fully saturated rings. The largest absolute Gasteiger partial charge is 0.416 e. The molecule has 3 aromatic rings. The van der Waals surface area contributed by atoms with Crippen molar-refractivity contribution in [2.45, 2.75) is 19.1 Å². The minimum Gasteiger partial charge on any atom is -0.330 e. The van der Waals surface area contributed by atoms with Gasteiger partial charge in [0.15, 0.2) is 0 Å². The molecule has 0 amide bonds. The molecular weight excluding hydrogens is 381 g/mol. The summed E-state index contributed by atoms with van der Waals surface area (Å²) in [6.07, 6.45) is -0.828. The second-order valence-electron chi connectivity index (χ2n) is 5.43. The Morgan fingerprint density at radius 1 is 1.04 bits per heavy atom. The Morgan fingerprint density at radius 3 is 2.58 bits per heavy atom. The predicted octanol–water partition coefficient (Wildman–Crippen LogP) is 5.30. The van der Waals surface area contributed by atoms with E-state index in [1.54, 1.807) is 18.5 Å². The van der Waals surface area contributed by atoms with Gasteiger partial charge in [-0.05, 0) is 29.3 Å². The lowest BCUT2D eigenvalue weighted by atomic mass is 10.0. The smallest absolute Gasteiger partial charge is 0.330 e. The first-order valence-corrected chi connectivity index (χ1v) is 8.12. The molecule has 0 bridgehead atoms. The van der Waals surface area contributed by atoms with Crippen LogP contribution in [0.15, 0.2) is 65.4 Å². The molecule has 0 atom stereocenters. The SMILES string of the molecule is FC(F)(F)c1ccccc1Cc1nccn1Cc1cccc(Br)c1. The number of imidazole rings is 1. The number of hydrogen-bond donors (Lipinski definition) is 0. The maximum Gasteiger partial charge on any atom is 0.416 e. The van der Waals surface area contributed by atoms with Gasteiger partial charge in [0.2, 0.25) is 0 Å². The molecule has 2 aromatic carbocycles. The van der Waals surface area contributed by atoms with E-state index in [1.807, 2.05) is 28.8 Å². The highest BCUT2D eigenvalue weighted by Crippen LogP contribution is 2.32. The highest BCUT2D eigenvalue weighted by atomic mass is 79.9. The van der Waals surface area contributed by atoms with Crippen molar-refractivity contribution in [1.29, 1.82) is 0 Å². The topological polar surface area (TPSA) is 17.8 Å². The first kappa shape index (κ1) is 16.8. The van der Waals surface area contributed by atoms with E-state index in [-0.39, 0.29) is 12.0 Å². The van der Waals surface area contributed by atoms with E-state index in [1.165, 1.54) is 12.1 Å². The second-order valence-corrected chi connectivity index (χ2v) is 6.35. The molecule has 0 saturated heterocycles. The van der Waals surface area contributed by atoms with Gasteiger partial charge in [0.25, 0.3) is 0 Å². The van der Waals surface area contributed by atoms with Gasteiger partial charge in [0, 0.05) is 29.8 Å². The third-order valence-corrected chi connectivity index (χ3v) is 4.21. The minimum absolute atomic E-state index is 0.136. The average molecular weight is 395 g/mol. The molecule has 0 aliphatic rings. The fraction of sp³-hybridized carbons (Fsp3) is 0.167. The zero-order valence-corrected chi connectivity index (χ0v) is 14.2. The lowest BCUT2D eigenvalue weighted by Crippen LogP contribution is -2.11. The molecule has 6 heteroatoms. The molecule has 1 aromatic heterocycles. The van der Waals surface area contributed by atoms with Gasteiger partial charge in [-0.3, -0.25) is 0 Å². The van der Waals surface area contributed by atoms with Crippen LogP contribution in [0.4, 0.5) is 13.2 Å². The Morgan fingerprint density at radius 2 is 1.83 bits per heavy atom. The molecule has 3 rings (SSSR count). The second kappa shape index (κ2) is 6.81. The van der Waals surface area contributed by atoms with Gasteiger partial charge in [-0.2, -0.15) is 13.2 Å². The Balaban J connectivity index is 1.87. The van der Waals surface area contributed by atoms with Crippen LogP contribution in [0, 0.1) is 0 Å². The van der Waals surface area contributed by atoms with Crippen molar-refractivity contribution in [2.24, 2.45) is 0 Å². The van der Waals surface area contributed by atoms with Crippen LogP contribution in [-0.2, 0) is 19.1 Å². The van der Waals surface area contributed by atoms with Crippen molar-refractivity contribution in [2.75, 3.05) is 0 Å². The number of hydrogen-bond acceptors (Lipinski definition) is 1. The molecular formula is C18H14BrF3N2. The van der Waals surface area contributed by atoms with Gasteiger partial charge in [-0.15, -0.1) is 0 Å². The summed E-state index contributed by atoms with van der Waals surface area (Å²) in [6, 6.07) is 13.4. The lowest BCUT2D eigenvalue weighted by molar-refractivity contribution is -0.138. The van der Waals surface area contributed by atoms with Crippen LogP contribution in [0.1, 0.15) is 22.5 Å². The van der Waals surface area contributed by atoms with E-state index in [0.717, 1.165) is 16.1 Å². The Labute approximate surface area is 146 Å². The number of nitrogens with zero attached hydrogens (tertiary/aromatic N) is 2. The maximum absolute atomic E-state index is 13.1. The van der Waals surface area contributed by atoms with E-state index in [0.29, 0.717) is 12.4 Å². The molecule has 24 heavy (non-hydrogen) atoms. The molecule has 0 unspecified atom stereocenters. The Bertz CT molecular complexity index is 840. The van der Waals surface area contributed by atoms with Crippen molar-refractivity contribution in [3.8, 4) is 0 Å². The van der Waals surface area contributed by atoms with E-state index in [2.05, 4.69) is 20.9 Å². The number of rotatable bonds is 4. The quantitative estimate of drug-likeness (QED) is 0.586. The van der Waals surface area contributed by atoms with Crippen molar-refractivity contribution < 1.29 is 13.2 Å². The molecule has 0 aliphatic carbocycles. The summed E-state index contributed by atoms with van der Waals surface area (Å²) in [5.74, 6) is 0.603. The van der Waals surface area contributed by atoms with Crippen molar-refractivity contribution in [3.05, 3.63) is 87.9 Å². The van der Waals surface area contributed by atoms with Gasteiger partial charge < -0.3 is 4.57 Å². The summed E-state index contributed by atoms with van der Waals surface area (Å²) in [4.78, 5) is 4.24. The predicted molar refractivity (Wildman–Crippen MR) is 89.7 cm³/mol. The van der Waals surface area contributed by atoms with Crippen LogP contribution in [0.2, 0.25) is 0 Å². The summed E-state index contributed by atoms with van der Waals surface area (Å²) in [6.45, 7) is 0.558. The highest BCUT2D eigenvalue weighted by Gasteiger charge is 2.33. The Hall–Kier alpha value is -2.08. The standard InChI is InChI=1S/C18H14BrF3N2/c19-15-6-3-4-13(10-15)12-24-9-8-23-17(24)11-14-5-1-2-7-16(14)18(20,21)22/h1-10H,11-12H2. The molecule has 124 valence electrons. The fourth-order valence-corrected chi connectivity index (χ4v) is 3.05. The summed E-state index contributed by atoms with van der Waals surface area (Å²) >= 11 is 3.42. The molecule has 0 radical (unpaired) electrons. The zero-order valence-electron chi connectivity index (χ0n) is 12.6. The summed E-state index contributed by atoms with van der Waals surface area (Å²) in [5, 5.41) is 0. The van der Waals surface area contributed by atoms with E-state index < -0.39 is 11.7 Å². The molecule has 2 nitrogen and oxygen atoms in total. The van der Waals surface area contributed by atoms with Gasteiger partial charge >= 0.3 is 6.18 Å². The summed E-state index contributed by atoms with van der Waals surface area (Å²) < 4.78 is 42.2. The van der Waals surface area contributed by atoms with Crippen LogP contribution in [-0.4, -0.2) is 9.55 Å². The number of halogens is 4. The van der Waals surface area contributed by atoms with E-state index >= 15 is 0 Å². The first-order chi connectivity index (χ1) is 11.4. The molecule has 1 heterocycles. The number of benzene rings is 2. The van der Waals surface area contributed by atoms with Crippen LogP contribution in [0.25, 0.3) is 0 Å². The molecule has 0 aliphatic heterocycles. The normalized spacial score (nSPS) is 11.7. The van der Waals surface area contributed by atoms with Gasteiger partial charge in [-0.25, -0.2) is 4.98 Å². The summed E-state index contributed by atoms with van der Waals surface area (Å²) in [7, 11) is 0. The number of alkyl halides is 3. The van der Waals surface area contributed by atoms with E-state index in [9.17, 15) is 13.2 Å². The van der Waals surface area contributed by atoms with Crippen LogP contribution < -0.4 is 0 Å². The van der Waals surface area contributed by atoms with Gasteiger partial charge in [0.1, 0.15) is 5.82 Å². The third kappa shape index (κ3) is 3.87. The highest BCUT2D eigenvalue weighted by molar-refractivity contribution is 9.10. The lowest BCUT2D eigenvalue weighted by Gasteiger charge is -2.13. The number of aromatic nitrogens is 2. The zero-order chi connectivity index (χ0) is 17.2. The van der Waals surface area contributed by atoms with Crippen LogP contribution in [0.3, 0.4) is 0 Å². The van der Waals surface area contributed by atoms with Crippen LogP contribution in [0.5, 0.6) is 0 Å². The summed E-state index contributed by atoms with van der Waals surface area (Å²) in [5.41, 5.74) is 0.668. The van der Waals surface area contributed by atoms with Gasteiger partial charge in [-0.1, -0.05) is 46.3 Å². The van der Waals surface area contributed by atoms with Crippen molar-refractivity contribution >= 4 is 15.9 Å². The first-order valence-electron chi connectivity index (χ1n) is 7.33. The van der Waals surface area contributed by atoms with Crippen molar-refractivity contribution in [1.82, 2.24) is 9.55 Å². The maximum atomic E-state index is 13.1. The monoisotopic (exact) mass is 394 g/mol. The van der Waals surface area contributed by atoms with Crippen molar-refractivity contribution in [3.63, 3.8) is 0 Å². The van der Waals surface area contributed by atoms with Crippen LogP contribution >= 0.6 is 15.9 Å². The molecule has 0 N–H and O–H groups in total. The minimum atomic E-state index is -4.36. The Kier molecular flexibility index (Phi) is 4.76. The molecule has 0 saturated carbocycles. The van der Waals surface area contributed by atoms with E-state index in [4.69, 9.17) is 0 Å². The fourth-order valence-electron chi connectivity index (χ4n) is 2.60. The molecule has 0 spiro atoms.